The highest BCUT2D eigenvalue weighted by Crippen LogP contribution is 2.25. The third kappa shape index (κ3) is 3.28. The van der Waals surface area contributed by atoms with Crippen molar-refractivity contribution >= 4 is 29.2 Å². The molecule has 0 fully saturated rings. The number of hydrogen-bond acceptors (Lipinski definition) is 5. The van der Waals surface area contributed by atoms with Gasteiger partial charge in [0, 0.05) is 11.6 Å². The van der Waals surface area contributed by atoms with Crippen LogP contribution in [0.3, 0.4) is 0 Å². The van der Waals surface area contributed by atoms with E-state index in [-0.39, 0.29) is 0 Å². The van der Waals surface area contributed by atoms with E-state index in [1.165, 1.54) is 24.9 Å². The lowest BCUT2D eigenvalue weighted by Gasteiger charge is -2.06. The van der Waals surface area contributed by atoms with Gasteiger partial charge in [-0.2, -0.15) is 0 Å². The predicted octanol–water partition coefficient (Wildman–Crippen LogP) is 3.50. The summed E-state index contributed by atoms with van der Waals surface area (Å²) in [6, 6.07) is 14.7. The fourth-order valence-corrected chi connectivity index (χ4v) is 2.47. The quantitative estimate of drug-likeness (QED) is 0.541. The molecule has 0 aliphatic heterocycles. The number of benzene rings is 2. The van der Waals surface area contributed by atoms with Crippen molar-refractivity contribution in [2.75, 3.05) is 14.2 Å². The van der Waals surface area contributed by atoms with Gasteiger partial charge >= 0.3 is 12.1 Å². The molecule has 0 aliphatic rings. The molecule has 0 N–H and O–H groups in total. The number of aromatic nitrogens is 2. The minimum Gasteiger partial charge on any atom is -0.466 e. The number of para-hydroxylation sites is 2. The maximum absolute atomic E-state index is 12.2. The van der Waals surface area contributed by atoms with Gasteiger partial charge in [-0.3, -0.25) is 0 Å². The van der Waals surface area contributed by atoms with Crippen LogP contribution in [0, 0.1) is 0 Å². The standard InChI is InChI=1S/C19H16N2O4/c1-24-17(22)12-9-13-7-10-14(11-8-13)18-20-15-5-3-4-6-16(15)21(18)19(23)25-2/h3-12H,1-2H3/b12-9+. The van der Waals surface area contributed by atoms with E-state index in [1.807, 2.05) is 48.5 Å². The van der Waals surface area contributed by atoms with Crippen molar-refractivity contribution in [3.63, 3.8) is 0 Å². The van der Waals surface area contributed by atoms with Crippen LogP contribution >= 0.6 is 0 Å². The summed E-state index contributed by atoms with van der Waals surface area (Å²) in [4.78, 5) is 27.9. The molecule has 0 aliphatic carbocycles. The zero-order chi connectivity index (χ0) is 17.8. The number of hydrogen-bond donors (Lipinski definition) is 0. The second-order valence-electron chi connectivity index (χ2n) is 5.21. The topological polar surface area (TPSA) is 70.4 Å². The third-order valence-electron chi connectivity index (χ3n) is 3.70. The van der Waals surface area contributed by atoms with E-state index in [4.69, 9.17) is 4.74 Å². The van der Waals surface area contributed by atoms with Gasteiger partial charge in [-0.25, -0.2) is 19.1 Å². The Morgan fingerprint density at radius 3 is 2.40 bits per heavy atom. The number of carbonyl (C=O) groups is 2. The Balaban J connectivity index is 2.03. The SMILES string of the molecule is COC(=O)/C=C/c1ccc(-c2nc3ccccc3n2C(=O)OC)cc1. The van der Waals surface area contributed by atoms with Crippen molar-refractivity contribution in [2.45, 2.75) is 0 Å². The van der Waals surface area contributed by atoms with Crippen molar-refractivity contribution in [1.82, 2.24) is 9.55 Å². The van der Waals surface area contributed by atoms with Gasteiger partial charge < -0.3 is 9.47 Å². The highest BCUT2D eigenvalue weighted by atomic mass is 16.5. The van der Waals surface area contributed by atoms with Crippen LogP contribution in [0.5, 0.6) is 0 Å². The molecule has 3 aromatic rings. The Morgan fingerprint density at radius 1 is 1.00 bits per heavy atom. The normalized spacial score (nSPS) is 11.0. The molecule has 25 heavy (non-hydrogen) atoms. The number of ether oxygens (including phenoxy) is 2. The largest absolute Gasteiger partial charge is 0.466 e. The van der Waals surface area contributed by atoms with E-state index >= 15 is 0 Å². The molecule has 0 saturated heterocycles. The van der Waals surface area contributed by atoms with E-state index in [9.17, 15) is 9.59 Å². The van der Waals surface area contributed by atoms with Gasteiger partial charge in [-0.15, -0.1) is 0 Å². The average Bonchev–Trinajstić information content (AvgIpc) is 3.05. The fraction of sp³-hybridized carbons (Fsp3) is 0.105. The van der Waals surface area contributed by atoms with Gasteiger partial charge in [0.15, 0.2) is 5.82 Å². The zero-order valence-corrected chi connectivity index (χ0v) is 13.8. The first-order chi connectivity index (χ1) is 12.1. The van der Waals surface area contributed by atoms with Crippen LogP contribution in [0.1, 0.15) is 5.56 Å². The number of esters is 1. The Morgan fingerprint density at radius 2 is 1.72 bits per heavy atom. The molecule has 0 bridgehead atoms. The number of methoxy groups -OCH3 is 2. The van der Waals surface area contributed by atoms with Crippen molar-refractivity contribution in [3.8, 4) is 11.4 Å². The molecule has 1 aromatic heterocycles. The lowest BCUT2D eigenvalue weighted by molar-refractivity contribution is -0.134. The van der Waals surface area contributed by atoms with Gasteiger partial charge in [0.1, 0.15) is 0 Å². The minimum absolute atomic E-state index is 0.420. The monoisotopic (exact) mass is 336 g/mol. The molecule has 0 saturated carbocycles. The molecule has 0 unspecified atom stereocenters. The Labute approximate surface area is 144 Å². The first kappa shape index (κ1) is 16.4. The van der Waals surface area contributed by atoms with Crippen molar-refractivity contribution in [1.29, 1.82) is 0 Å². The second kappa shape index (κ2) is 7.00. The number of imidazole rings is 1. The summed E-state index contributed by atoms with van der Waals surface area (Å²) in [6.07, 6.45) is 2.50. The van der Waals surface area contributed by atoms with Crippen LogP contribution in [0.2, 0.25) is 0 Å². The summed E-state index contributed by atoms with van der Waals surface area (Å²) >= 11 is 0. The number of fused-ring (bicyclic) bond motifs is 1. The molecule has 2 aromatic carbocycles. The van der Waals surface area contributed by atoms with Crippen molar-refractivity contribution in [2.24, 2.45) is 0 Å². The minimum atomic E-state index is -0.502. The first-order valence-electron chi connectivity index (χ1n) is 7.56. The van der Waals surface area contributed by atoms with E-state index < -0.39 is 12.1 Å². The molecule has 0 radical (unpaired) electrons. The van der Waals surface area contributed by atoms with Crippen molar-refractivity contribution in [3.05, 3.63) is 60.2 Å². The third-order valence-corrected chi connectivity index (χ3v) is 3.70. The van der Waals surface area contributed by atoms with E-state index in [2.05, 4.69) is 9.72 Å². The van der Waals surface area contributed by atoms with E-state index in [1.54, 1.807) is 6.08 Å². The first-order valence-corrected chi connectivity index (χ1v) is 7.56. The van der Waals surface area contributed by atoms with E-state index in [0.29, 0.717) is 16.9 Å². The summed E-state index contributed by atoms with van der Waals surface area (Å²) in [6.45, 7) is 0. The summed E-state index contributed by atoms with van der Waals surface area (Å²) in [5, 5.41) is 0. The lowest BCUT2D eigenvalue weighted by atomic mass is 10.1. The van der Waals surface area contributed by atoms with Crippen LogP contribution < -0.4 is 0 Å². The average molecular weight is 336 g/mol. The van der Waals surface area contributed by atoms with Gasteiger partial charge in [-0.05, 0) is 23.8 Å². The summed E-state index contributed by atoms with van der Waals surface area (Å²) < 4.78 is 10.9. The van der Waals surface area contributed by atoms with Gasteiger partial charge in [-0.1, -0.05) is 36.4 Å². The Kier molecular flexibility index (Phi) is 4.61. The van der Waals surface area contributed by atoms with Crippen LogP contribution in [0.4, 0.5) is 4.79 Å². The second-order valence-corrected chi connectivity index (χ2v) is 5.21. The van der Waals surface area contributed by atoms with Gasteiger partial charge in [0.25, 0.3) is 0 Å². The van der Waals surface area contributed by atoms with Gasteiger partial charge in [0.05, 0.1) is 25.3 Å². The molecule has 0 spiro atoms. The smallest absolute Gasteiger partial charge is 0.419 e. The molecule has 3 rings (SSSR count). The zero-order valence-electron chi connectivity index (χ0n) is 13.8. The highest BCUT2D eigenvalue weighted by molar-refractivity contribution is 5.92. The number of rotatable bonds is 3. The molecule has 0 atom stereocenters. The molecule has 0 amide bonds. The fourth-order valence-electron chi connectivity index (χ4n) is 2.47. The van der Waals surface area contributed by atoms with E-state index in [0.717, 1.165) is 11.1 Å². The summed E-state index contributed by atoms with van der Waals surface area (Å²) in [7, 11) is 2.66. The molecular weight excluding hydrogens is 320 g/mol. The van der Waals surface area contributed by atoms with Gasteiger partial charge in [0.2, 0.25) is 0 Å². The molecule has 6 heteroatoms. The predicted molar refractivity (Wildman–Crippen MR) is 94.0 cm³/mol. The van der Waals surface area contributed by atoms with Crippen molar-refractivity contribution < 1.29 is 19.1 Å². The van der Waals surface area contributed by atoms with Crippen LogP contribution in [0.15, 0.2) is 54.6 Å². The Hall–Kier alpha value is -3.41. The lowest BCUT2D eigenvalue weighted by Crippen LogP contribution is -2.12. The Bertz CT molecular complexity index is 955. The van der Waals surface area contributed by atoms with Crippen LogP contribution in [0.25, 0.3) is 28.5 Å². The maximum Gasteiger partial charge on any atom is 0.419 e. The maximum atomic E-state index is 12.2. The van der Waals surface area contributed by atoms with Crippen LogP contribution in [-0.4, -0.2) is 35.8 Å². The summed E-state index contributed by atoms with van der Waals surface area (Å²) in [5.41, 5.74) is 2.98. The molecule has 1 heterocycles. The van der Waals surface area contributed by atoms with Crippen LogP contribution in [-0.2, 0) is 14.3 Å². The number of carbonyl (C=O) groups excluding carboxylic acids is 2. The number of nitrogens with zero attached hydrogens (tertiary/aromatic N) is 2. The summed E-state index contributed by atoms with van der Waals surface area (Å²) in [5.74, 6) is 0.0770. The highest BCUT2D eigenvalue weighted by Gasteiger charge is 2.18. The molecular formula is C19H16N2O4. The molecule has 126 valence electrons. The molecule has 6 nitrogen and oxygen atoms in total.